The smallest absolute Gasteiger partial charge is 0.224 e. The van der Waals surface area contributed by atoms with Crippen molar-refractivity contribution in [3.05, 3.63) is 11.1 Å². The van der Waals surface area contributed by atoms with Crippen LogP contribution in [-0.4, -0.2) is 5.91 Å². The van der Waals surface area contributed by atoms with Crippen molar-refractivity contribution in [2.75, 3.05) is 0 Å². The molecule has 108 valence electrons. The van der Waals surface area contributed by atoms with E-state index < -0.39 is 0 Å². The van der Waals surface area contributed by atoms with Gasteiger partial charge >= 0.3 is 0 Å². The van der Waals surface area contributed by atoms with Crippen molar-refractivity contribution in [1.29, 1.82) is 0 Å². The van der Waals surface area contributed by atoms with Gasteiger partial charge in [0.2, 0.25) is 5.91 Å². The minimum atomic E-state index is -0.121. The predicted molar refractivity (Wildman–Crippen MR) is 79.5 cm³/mol. The molecule has 2 heteroatoms. The highest BCUT2D eigenvalue weighted by atomic mass is 16.1. The molecule has 2 atom stereocenters. The van der Waals surface area contributed by atoms with E-state index in [1.807, 2.05) is 0 Å². The van der Waals surface area contributed by atoms with Gasteiger partial charge in [-0.1, -0.05) is 37.3 Å². The van der Waals surface area contributed by atoms with Crippen LogP contribution in [-0.2, 0) is 4.79 Å². The summed E-state index contributed by atoms with van der Waals surface area (Å²) in [5.74, 6) is 2.35. The summed E-state index contributed by atoms with van der Waals surface area (Å²) in [6.07, 6.45) is 9.03. The number of rotatable bonds is 3. The second kappa shape index (κ2) is 6.11. The fraction of sp³-hybridized carbons (Fsp3) is 0.824. The molecule has 0 aromatic carbocycles. The Bertz CT molecular complexity index is 363. The van der Waals surface area contributed by atoms with Crippen LogP contribution in [0.15, 0.2) is 11.1 Å². The Morgan fingerprint density at radius 3 is 2.32 bits per heavy atom. The summed E-state index contributed by atoms with van der Waals surface area (Å²) in [5.41, 5.74) is 8.24. The van der Waals surface area contributed by atoms with Crippen LogP contribution in [0.5, 0.6) is 0 Å². The van der Waals surface area contributed by atoms with Gasteiger partial charge in [0.1, 0.15) is 0 Å². The van der Waals surface area contributed by atoms with E-state index in [4.69, 9.17) is 5.73 Å². The van der Waals surface area contributed by atoms with E-state index in [1.165, 1.54) is 49.7 Å². The first-order chi connectivity index (χ1) is 9.02. The first kappa shape index (κ1) is 14.6. The van der Waals surface area contributed by atoms with E-state index in [0.29, 0.717) is 5.92 Å². The normalized spacial score (nSPS) is 36.4. The summed E-state index contributed by atoms with van der Waals surface area (Å²) in [5, 5.41) is 0. The topological polar surface area (TPSA) is 43.1 Å². The second-order valence-electron chi connectivity index (χ2n) is 6.81. The maximum absolute atomic E-state index is 11.6. The maximum Gasteiger partial charge on any atom is 0.224 e. The standard InChI is InChI=1S/C17H29NO/c1-4-13-5-7-14(8-6-13)15-9-11(2)12(3)16(10-15)17(18)19/h13-16H,4-10H2,1-3H3,(H2,18,19). The lowest BCUT2D eigenvalue weighted by atomic mass is 9.67. The molecule has 0 aliphatic heterocycles. The number of carbonyl (C=O) groups excluding carboxylic acids is 1. The van der Waals surface area contributed by atoms with Crippen LogP contribution in [0.25, 0.3) is 0 Å². The van der Waals surface area contributed by atoms with Gasteiger partial charge in [0, 0.05) is 0 Å². The summed E-state index contributed by atoms with van der Waals surface area (Å²) < 4.78 is 0. The monoisotopic (exact) mass is 263 g/mol. The van der Waals surface area contributed by atoms with Crippen molar-refractivity contribution in [2.24, 2.45) is 29.4 Å². The van der Waals surface area contributed by atoms with E-state index in [1.54, 1.807) is 0 Å². The number of primary amides is 1. The van der Waals surface area contributed by atoms with Crippen LogP contribution in [0.2, 0.25) is 0 Å². The number of allylic oxidation sites excluding steroid dienone is 1. The van der Waals surface area contributed by atoms with Gasteiger partial charge in [-0.15, -0.1) is 0 Å². The molecular weight excluding hydrogens is 234 g/mol. The Balaban J connectivity index is 2.01. The Morgan fingerprint density at radius 1 is 1.16 bits per heavy atom. The average molecular weight is 263 g/mol. The lowest BCUT2D eigenvalue weighted by Crippen LogP contribution is -2.33. The van der Waals surface area contributed by atoms with Crippen LogP contribution in [0.4, 0.5) is 0 Å². The molecule has 0 heterocycles. The number of hydrogen-bond acceptors (Lipinski definition) is 1. The van der Waals surface area contributed by atoms with E-state index >= 15 is 0 Å². The van der Waals surface area contributed by atoms with Gasteiger partial charge in [-0.05, 0) is 57.3 Å². The fourth-order valence-electron chi connectivity index (χ4n) is 4.17. The van der Waals surface area contributed by atoms with Crippen LogP contribution in [0, 0.1) is 23.7 Å². The molecule has 0 radical (unpaired) electrons. The van der Waals surface area contributed by atoms with Crippen LogP contribution >= 0.6 is 0 Å². The molecule has 1 amide bonds. The largest absolute Gasteiger partial charge is 0.369 e. The van der Waals surface area contributed by atoms with Crippen molar-refractivity contribution in [3.63, 3.8) is 0 Å². The van der Waals surface area contributed by atoms with Crippen LogP contribution < -0.4 is 5.73 Å². The molecule has 0 saturated heterocycles. The Labute approximate surface area is 117 Å². The molecule has 2 rings (SSSR count). The Kier molecular flexibility index (Phi) is 4.70. The van der Waals surface area contributed by atoms with E-state index in [9.17, 15) is 4.79 Å². The minimum absolute atomic E-state index is 0.00245. The van der Waals surface area contributed by atoms with Crippen molar-refractivity contribution in [2.45, 2.75) is 65.7 Å². The molecule has 2 N–H and O–H groups in total. The lowest BCUT2D eigenvalue weighted by molar-refractivity contribution is -0.121. The molecule has 0 aromatic rings. The number of hydrogen-bond donors (Lipinski definition) is 1. The highest BCUT2D eigenvalue weighted by Gasteiger charge is 2.34. The van der Waals surface area contributed by atoms with Gasteiger partial charge in [0.25, 0.3) is 0 Å². The Hall–Kier alpha value is -0.790. The van der Waals surface area contributed by atoms with Crippen LogP contribution in [0.3, 0.4) is 0 Å². The summed E-state index contributed by atoms with van der Waals surface area (Å²) in [7, 11) is 0. The zero-order chi connectivity index (χ0) is 14.0. The van der Waals surface area contributed by atoms with Gasteiger partial charge < -0.3 is 5.73 Å². The van der Waals surface area contributed by atoms with Crippen molar-refractivity contribution in [3.8, 4) is 0 Å². The number of carbonyl (C=O) groups is 1. The first-order valence-corrected chi connectivity index (χ1v) is 7.98. The van der Waals surface area contributed by atoms with Crippen molar-refractivity contribution in [1.82, 2.24) is 0 Å². The van der Waals surface area contributed by atoms with Crippen molar-refractivity contribution >= 4 is 5.91 Å². The second-order valence-corrected chi connectivity index (χ2v) is 6.81. The molecule has 19 heavy (non-hydrogen) atoms. The lowest BCUT2D eigenvalue weighted by Gasteiger charge is -2.38. The van der Waals surface area contributed by atoms with Gasteiger partial charge in [0.05, 0.1) is 5.92 Å². The zero-order valence-electron chi connectivity index (χ0n) is 12.7. The van der Waals surface area contributed by atoms with Gasteiger partial charge in [0.15, 0.2) is 0 Å². The minimum Gasteiger partial charge on any atom is -0.369 e. The average Bonchev–Trinajstić information content (AvgIpc) is 2.41. The summed E-state index contributed by atoms with van der Waals surface area (Å²) >= 11 is 0. The predicted octanol–water partition coefficient (Wildman–Crippen LogP) is 4.05. The molecule has 0 bridgehead atoms. The quantitative estimate of drug-likeness (QED) is 0.767. The Morgan fingerprint density at radius 2 is 1.79 bits per heavy atom. The highest BCUT2D eigenvalue weighted by molar-refractivity contribution is 5.80. The molecule has 2 unspecified atom stereocenters. The summed E-state index contributed by atoms with van der Waals surface area (Å²) in [4.78, 5) is 11.6. The first-order valence-electron chi connectivity index (χ1n) is 7.98. The molecule has 1 saturated carbocycles. The summed E-state index contributed by atoms with van der Waals surface area (Å²) in [6.45, 7) is 6.59. The van der Waals surface area contributed by atoms with Crippen molar-refractivity contribution < 1.29 is 4.79 Å². The number of amides is 1. The third kappa shape index (κ3) is 3.21. The van der Waals surface area contributed by atoms with Gasteiger partial charge in [-0.2, -0.15) is 0 Å². The fourth-order valence-corrected chi connectivity index (χ4v) is 4.17. The summed E-state index contributed by atoms with van der Waals surface area (Å²) in [6, 6.07) is 0. The van der Waals surface area contributed by atoms with Gasteiger partial charge in [-0.25, -0.2) is 0 Å². The molecule has 0 spiro atoms. The molecule has 0 aromatic heterocycles. The maximum atomic E-state index is 11.6. The molecule has 2 nitrogen and oxygen atoms in total. The highest BCUT2D eigenvalue weighted by Crippen LogP contribution is 2.43. The van der Waals surface area contributed by atoms with E-state index in [2.05, 4.69) is 20.8 Å². The SMILES string of the molecule is CCC1CCC(C2CC(C)=C(C)C(C(N)=O)C2)CC1. The third-order valence-electron chi connectivity index (χ3n) is 5.78. The van der Waals surface area contributed by atoms with E-state index in [-0.39, 0.29) is 11.8 Å². The number of nitrogens with two attached hydrogens (primary N) is 1. The molecular formula is C17H29NO. The zero-order valence-corrected chi connectivity index (χ0v) is 12.7. The van der Waals surface area contributed by atoms with Gasteiger partial charge in [-0.3, -0.25) is 4.79 Å². The molecule has 2 aliphatic carbocycles. The molecule has 1 fully saturated rings. The third-order valence-corrected chi connectivity index (χ3v) is 5.78. The van der Waals surface area contributed by atoms with E-state index in [0.717, 1.165) is 18.3 Å². The van der Waals surface area contributed by atoms with Crippen LogP contribution in [0.1, 0.15) is 65.7 Å². The molecule has 2 aliphatic rings.